The molecule has 0 saturated carbocycles. The number of hydrogen-bond acceptors (Lipinski definition) is 3. The number of ether oxygens (including phenoxy) is 2. The molecule has 1 aromatic carbocycles. The summed E-state index contributed by atoms with van der Waals surface area (Å²) in [4.78, 5) is 0. The maximum atomic E-state index is 5.97. The quantitative estimate of drug-likeness (QED) is 0.751. The van der Waals surface area contributed by atoms with Crippen LogP contribution in [0, 0.1) is 0 Å². The molecule has 0 amide bonds. The molecule has 0 aromatic heterocycles. The molecule has 0 aliphatic rings. The van der Waals surface area contributed by atoms with Crippen LogP contribution in [0.5, 0.6) is 5.75 Å². The van der Waals surface area contributed by atoms with Crippen LogP contribution in [0.4, 0.5) is 0 Å². The highest BCUT2D eigenvalue weighted by atomic mass is 16.5. The molecule has 1 unspecified atom stereocenters. The van der Waals surface area contributed by atoms with E-state index in [0.29, 0.717) is 6.61 Å². The van der Waals surface area contributed by atoms with Crippen molar-refractivity contribution in [3.05, 3.63) is 29.8 Å². The lowest BCUT2D eigenvalue weighted by Gasteiger charge is -2.24. The van der Waals surface area contributed by atoms with Crippen LogP contribution in [0.15, 0.2) is 24.3 Å². The molecule has 0 aliphatic heterocycles. The predicted molar refractivity (Wildman–Crippen MR) is 84.6 cm³/mol. The molecular formula is C17H29NO2. The van der Waals surface area contributed by atoms with Gasteiger partial charge in [-0.3, -0.25) is 0 Å². The van der Waals surface area contributed by atoms with E-state index in [1.807, 2.05) is 0 Å². The Morgan fingerprint density at radius 1 is 1.15 bits per heavy atom. The van der Waals surface area contributed by atoms with Crippen LogP contribution in [0.2, 0.25) is 0 Å². The number of rotatable bonds is 9. The molecule has 3 heteroatoms. The standard InChI is InChI=1S/C17H29NO2/c1-6-17(3,4)14-8-10-15(11-9-14)20-16(13-19-5)12-18-7-2/h8-11,16,18H,6-7,12-13H2,1-5H3. The van der Waals surface area contributed by atoms with E-state index in [9.17, 15) is 0 Å². The minimum Gasteiger partial charge on any atom is -0.487 e. The molecule has 0 bridgehead atoms. The van der Waals surface area contributed by atoms with Crippen LogP contribution in [0.1, 0.15) is 39.7 Å². The molecule has 0 radical (unpaired) electrons. The molecule has 1 atom stereocenters. The van der Waals surface area contributed by atoms with Crippen LogP contribution in [0.25, 0.3) is 0 Å². The van der Waals surface area contributed by atoms with Crippen molar-refractivity contribution in [1.29, 1.82) is 0 Å². The van der Waals surface area contributed by atoms with E-state index in [-0.39, 0.29) is 11.5 Å². The molecule has 3 nitrogen and oxygen atoms in total. The molecule has 0 fully saturated rings. The van der Waals surface area contributed by atoms with E-state index in [2.05, 4.69) is 57.3 Å². The largest absolute Gasteiger partial charge is 0.487 e. The van der Waals surface area contributed by atoms with Crippen molar-refractivity contribution in [3.8, 4) is 5.75 Å². The van der Waals surface area contributed by atoms with Gasteiger partial charge in [0.1, 0.15) is 11.9 Å². The fourth-order valence-electron chi connectivity index (χ4n) is 2.01. The van der Waals surface area contributed by atoms with Crippen molar-refractivity contribution in [2.45, 2.75) is 45.6 Å². The first-order chi connectivity index (χ1) is 9.53. The summed E-state index contributed by atoms with van der Waals surface area (Å²) in [5, 5.41) is 3.29. The summed E-state index contributed by atoms with van der Waals surface area (Å²) in [7, 11) is 1.70. The first-order valence-electron chi connectivity index (χ1n) is 7.50. The second-order valence-corrected chi connectivity index (χ2v) is 5.76. The first-order valence-corrected chi connectivity index (χ1v) is 7.50. The second-order valence-electron chi connectivity index (χ2n) is 5.76. The van der Waals surface area contributed by atoms with Gasteiger partial charge in [-0.05, 0) is 36.1 Å². The van der Waals surface area contributed by atoms with E-state index in [0.717, 1.165) is 25.3 Å². The van der Waals surface area contributed by atoms with Crippen LogP contribution < -0.4 is 10.1 Å². The maximum absolute atomic E-state index is 5.97. The number of hydrogen-bond donors (Lipinski definition) is 1. The Morgan fingerprint density at radius 2 is 1.80 bits per heavy atom. The topological polar surface area (TPSA) is 30.5 Å². The van der Waals surface area contributed by atoms with E-state index in [4.69, 9.17) is 9.47 Å². The van der Waals surface area contributed by atoms with Gasteiger partial charge < -0.3 is 14.8 Å². The minimum atomic E-state index is 0.0463. The molecule has 114 valence electrons. The van der Waals surface area contributed by atoms with Gasteiger partial charge in [0, 0.05) is 13.7 Å². The van der Waals surface area contributed by atoms with Gasteiger partial charge in [-0.15, -0.1) is 0 Å². The van der Waals surface area contributed by atoms with Gasteiger partial charge in [-0.1, -0.05) is 39.8 Å². The Morgan fingerprint density at radius 3 is 2.30 bits per heavy atom. The summed E-state index contributed by atoms with van der Waals surface area (Å²) in [6, 6.07) is 8.44. The number of methoxy groups -OCH3 is 1. The summed E-state index contributed by atoms with van der Waals surface area (Å²) >= 11 is 0. The Kier molecular flexibility index (Phi) is 7.03. The lowest BCUT2D eigenvalue weighted by atomic mass is 9.82. The van der Waals surface area contributed by atoms with Gasteiger partial charge in [-0.25, -0.2) is 0 Å². The van der Waals surface area contributed by atoms with Crippen LogP contribution in [0.3, 0.4) is 0 Å². The summed E-state index contributed by atoms with van der Waals surface area (Å²) in [6.45, 7) is 11.2. The molecule has 1 rings (SSSR count). The number of likely N-dealkylation sites (N-methyl/N-ethyl adjacent to an activating group) is 1. The lowest BCUT2D eigenvalue weighted by Crippen LogP contribution is -2.34. The van der Waals surface area contributed by atoms with Gasteiger partial charge >= 0.3 is 0 Å². The minimum absolute atomic E-state index is 0.0463. The van der Waals surface area contributed by atoms with Crippen molar-refractivity contribution in [2.24, 2.45) is 0 Å². The van der Waals surface area contributed by atoms with E-state index < -0.39 is 0 Å². The average molecular weight is 279 g/mol. The van der Waals surface area contributed by atoms with Crippen molar-refractivity contribution in [3.63, 3.8) is 0 Å². The number of nitrogens with one attached hydrogen (secondary N) is 1. The Balaban J connectivity index is 2.67. The Bertz CT molecular complexity index is 373. The molecule has 1 N–H and O–H groups in total. The van der Waals surface area contributed by atoms with Crippen molar-refractivity contribution >= 4 is 0 Å². The van der Waals surface area contributed by atoms with E-state index in [1.165, 1.54) is 5.56 Å². The third-order valence-corrected chi connectivity index (χ3v) is 3.80. The molecule has 0 aliphatic carbocycles. The van der Waals surface area contributed by atoms with Gasteiger partial charge in [0.25, 0.3) is 0 Å². The lowest BCUT2D eigenvalue weighted by molar-refractivity contribution is 0.0809. The van der Waals surface area contributed by atoms with Crippen molar-refractivity contribution in [2.75, 3.05) is 26.8 Å². The molecule has 0 saturated heterocycles. The summed E-state index contributed by atoms with van der Waals surface area (Å²) in [5.74, 6) is 0.903. The SMILES string of the molecule is CCNCC(COC)Oc1ccc(C(C)(C)CC)cc1. The summed E-state index contributed by atoms with van der Waals surface area (Å²) < 4.78 is 11.2. The van der Waals surface area contributed by atoms with Crippen molar-refractivity contribution < 1.29 is 9.47 Å². The second kappa shape index (κ2) is 8.28. The van der Waals surface area contributed by atoms with E-state index >= 15 is 0 Å². The Hall–Kier alpha value is -1.06. The zero-order chi connectivity index (χ0) is 15.0. The van der Waals surface area contributed by atoms with Gasteiger partial charge in [0.05, 0.1) is 6.61 Å². The third-order valence-electron chi connectivity index (χ3n) is 3.80. The summed E-state index contributed by atoms with van der Waals surface area (Å²) in [5.41, 5.74) is 1.57. The molecule has 0 spiro atoms. The van der Waals surface area contributed by atoms with Gasteiger partial charge in [0.15, 0.2) is 0 Å². The average Bonchev–Trinajstić information content (AvgIpc) is 2.45. The highest BCUT2D eigenvalue weighted by Gasteiger charge is 2.18. The molecule has 1 aromatic rings. The third kappa shape index (κ3) is 5.14. The highest BCUT2D eigenvalue weighted by Crippen LogP contribution is 2.28. The summed E-state index contributed by atoms with van der Waals surface area (Å²) in [6.07, 6.45) is 1.17. The van der Waals surface area contributed by atoms with Crippen molar-refractivity contribution in [1.82, 2.24) is 5.32 Å². The van der Waals surface area contributed by atoms with Crippen LogP contribution >= 0.6 is 0 Å². The molecule has 20 heavy (non-hydrogen) atoms. The van der Waals surface area contributed by atoms with Crippen LogP contribution in [-0.4, -0.2) is 32.9 Å². The normalized spacial score (nSPS) is 13.2. The zero-order valence-corrected chi connectivity index (χ0v) is 13.5. The monoisotopic (exact) mass is 279 g/mol. The fourth-order valence-corrected chi connectivity index (χ4v) is 2.01. The Labute approximate surface area is 123 Å². The molecular weight excluding hydrogens is 250 g/mol. The van der Waals surface area contributed by atoms with Gasteiger partial charge in [-0.2, -0.15) is 0 Å². The van der Waals surface area contributed by atoms with Gasteiger partial charge in [0.2, 0.25) is 0 Å². The van der Waals surface area contributed by atoms with E-state index in [1.54, 1.807) is 7.11 Å². The smallest absolute Gasteiger partial charge is 0.134 e. The van der Waals surface area contributed by atoms with Crippen LogP contribution in [-0.2, 0) is 10.2 Å². The maximum Gasteiger partial charge on any atom is 0.134 e. The number of benzene rings is 1. The fraction of sp³-hybridized carbons (Fsp3) is 0.647. The predicted octanol–water partition coefficient (Wildman–Crippen LogP) is 3.38. The first kappa shape index (κ1) is 17.0. The zero-order valence-electron chi connectivity index (χ0n) is 13.5. The highest BCUT2D eigenvalue weighted by molar-refractivity contribution is 5.31. The molecule has 0 heterocycles.